The Labute approximate surface area is 179 Å². The summed E-state index contributed by atoms with van der Waals surface area (Å²) < 4.78 is 0. The van der Waals surface area contributed by atoms with Crippen LogP contribution < -0.4 is 5.32 Å². The quantitative estimate of drug-likeness (QED) is 0.579. The normalized spacial score (nSPS) is 10.6. The molecule has 0 aliphatic carbocycles. The van der Waals surface area contributed by atoms with E-state index >= 15 is 0 Å². The van der Waals surface area contributed by atoms with Crippen LogP contribution in [0.1, 0.15) is 50.2 Å². The van der Waals surface area contributed by atoms with Gasteiger partial charge < -0.3 is 5.32 Å². The van der Waals surface area contributed by atoms with Crippen molar-refractivity contribution in [3.63, 3.8) is 0 Å². The Balaban J connectivity index is 1.60. The highest BCUT2D eigenvalue weighted by molar-refractivity contribution is 5.94. The lowest BCUT2D eigenvalue weighted by atomic mass is 9.95. The van der Waals surface area contributed by atoms with Crippen molar-refractivity contribution in [2.24, 2.45) is 0 Å². The maximum absolute atomic E-state index is 12.4. The van der Waals surface area contributed by atoms with Gasteiger partial charge in [-0.2, -0.15) is 0 Å². The second-order valence-electron chi connectivity index (χ2n) is 7.92. The van der Waals surface area contributed by atoms with E-state index in [1.807, 2.05) is 49.4 Å². The third-order valence-corrected chi connectivity index (χ3v) is 5.39. The van der Waals surface area contributed by atoms with E-state index in [2.05, 4.69) is 36.5 Å². The van der Waals surface area contributed by atoms with Gasteiger partial charge in [0.15, 0.2) is 0 Å². The molecular formula is C27H29NO2. The van der Waals surface area contributed by atoms with Crippen molar-refractivity contribution in [3.05, 3.63) is 106 Å². The Morgan fingerprint density at radius 2 is 1.60 bits per heavy atom. The Morgan fingerprint density at radius 1 is 0.833 bits per heavy atom. The largest absolute Gasteiger partial charge is 0.355 e. The molecule has 3 nitrogen and oxygen atoms in total. The molecule has 3 aromatic carbocycles. The summed E-state index contributed by atoms with van der Waals surface area (Å²) in [6, 6.07) is 22.3. The van der Waals surface area contributed by atoms with Crippen LogP contribution in [0.4, 0.5) is 0 Å². The average molecular weight is 400 g/mol. The molecule has 30 heavy (non-hydrogen) atoms. The molecule has 0 saturated carbocycles. The van der Waals surface area contributed by atoms with Crippen LogP contribution in [0.3, 0.4) is 0 Å². The second-order valence-corrected chi connectivity index (χ2v) is 7.92. The van der Waals surface area contributed by atoms with Crippen molar-refractivity contribution in [3.8, 4) is 0 Å². The van der Waals surface area contributed by atoms with Crippen molar-refractivity contribution in [1.82, 2.24) is 5.32 Å². The van der Waals surface area contributed by atoms with Crippen molar-refractivity contribution in [2.45, 2.75) is 39.5 Å². The zero-order chi connectivity index (χ0) is 21.5. The lowest BCUT2D eigenvalue weighted by molar-refractivity contribution is -0.118. The third kappa shape index (κ3) is 5.90. The van der Waals surface area contributed by atoms with E-state index in [9.17, 15) is 9.59 Å². The third-order valence-electron chi connectivity index (χ3n) is 5.39. The first-order valence-electron chi connectivity index (χ1n) is 10.4. The molecule has 0 radical (unpaired) electrons. The van der Waals surface area contributed by atoms with Crippen molar-refractivity contribution in [2.75, 3.05) is 7.05 Å². The first-order valence-corrected chi connectivity index (χ1v) is 10.4. The van der Waals surface area contributed by atoms with Crippen LogP contribution >= 0.6 is 0 Å². The standard InChI is InChI=1S/C27H29NO2/c1-19-6-4-7-22(14-19)18-26(29)13-11-21-10-12-24(20(2)15-21)16-23-8-5-9-25(17-23)27(30)28-3/h4-10,12,14-15,17H,11,13,16,18H2,1-3H3,(H,28,30). The zero-order valence-corrected chi connectivity index (χ0v) is 18.0. The molecule has 0 aliphatic rings. The number of nitrogens with one attached hydrogen (secondary N) is 1. The summed E-state index contributed by atoms with van der Waals surface area (Å²) >= 11 is 0. The van der Waals surface area contributed by atoms with Crippen LogP contribution in [0.25, 0.3) is 0 Å². The maximum Gasteiger partial charge on any atom is 0.251 e. The minimum Gasteiger partial charge on any atom is -0.355 e. The molecule has 0 aliphatic heterocycles. The van der Waals surface area contributed by atoms with E-state index in [-0.39, 0.29) is 11.7 Å². The summed E-state index contributed by atoms with van der Waals surface area (Å²) in [5.41, 5.74) is 7.70. The van der Waals surface area contributed by atoms with Gasteiger partial charge in [-0.1, -0.05) is 60.2 Å². The van der Waals surface area contributed by atoms with E-state index in [1.165, 1.54) is 22.3 Å². The number of hydrogen-bond donors (Lipinski definition) is 1. The molecule has 0 saturated heterocycles. The van der Waals surface area contributed by atoms with Gasteiger partial charge in [0.05, 0.1) is 0 Å². The number of rotatable bonds is 8. The van der Waals surface area contributed by atoms with E-state index in [1.54, 1.807) is 7.05 Å². The van der Waals surface area contributed by atoms with E-state index in [0.717, 1.165) is 24.0 Å². The fraction of sp³-hybridized carbons (Fsp3) is 0.259. The number of benzene rings is 3. The van der Waals surface area contributed by atoms with Gasteiger partial charge in [-0.15, -0.1) is 0 Å². The average Bonchev–Trinajstić information content (AvgIpc) is 2.73. The number of carbonyl (C=O) groups excluding carboxylic acids is 2. The molecule has 0 heterocycles. The summed E-state index contributed by atoms with van der Waals surface area (Å²) in [6.07, 6.45) is 2.60. The highest BCUT2D eigenvalue weighted by atomic mass is 16.1. The van der Waals surface area contributed by atoms with Gasteiger partial charge >= 0.3 is 0 Å². The van der Waals surface area contributed by atoms with Crippen LogP contribution in [-0.2, 0) is 24.1 Å². The minimum absolute atomic E-state index is 0.0701. The smallest absolute Gasteiger partial charge is 0.251 e. The van der Waals surface area contributed by atoms with Gasteiger partial charge in [-0.3, -0.25) is 9.59 Å². The molecule has 0 atom stereocenters. The number of aryl methyl sites for hydroxylation is 3. The molecule has 0 spiro atoms. The SMILES string of the molecule is CNC(=O)c1cccc(Cc2ccc(CCC(=O)Cc3cccc(C)c3)cc2C)c1. The first kappa shape index (κ1) is 21.5. The monoisotopic (exact) mass is 399 g/mol. The summed E-state index contributed by atoms with van der Waals surface area (Å²) in [6.45, 7) is 4.16. The Bertz CT molecular complexity index is 1050. The van der Waals surface area contributed by atoms with Gasteiger partial charge in [-0.25, -0.2) is 0 Å². The minimum atomic E-state index is -0.0701. The summed E-state index contributed by atoms with van der Waals surface area (Å²) in [5.74, 6) is 0.201. The lowest BCUT2D eigenvalue weighted by Crippen LogP contribution is -2.17. The van der Waals surface area contributed by atoms with E-state index in [4.69, 9.17) is 0 Å². The van der Waals surface area contributed by atoms with Gasteiger partial charge in [-0.05, 0) is 66.6 Å². The number of carbonyl (C=O) groups is 2. The van der Waals surface area contributed by atoms with Crippen LogP contribution in [0.15, 0.2) is 66.7 Å². The predicted octanol–water partition coefficient (Wildman–Crippen LogP) is 5.00. The Morgan fingerprint density at radius 3 is 2.33 bits per heavy atom. The maximum atomic E-state index is 12.4. The molecular weight excluding hydrogens is 370 g/mol. The molecule has 0 aromatic heterocycles. The van der Waals surface area contributed by atoms with Crippen LogP contribution in [0.2, 0.25) is 0 Å². The molecule has 0 unspecified atom stereocenters. The van der Waals surface area contributed by atoms with Crippen molar-refractivity contribution in [1.29, 1.82) is 0 Å². The Kier molecular flexibility index (Phi) is 7.18. The van der Waals surface area contributed by atoms with Crippen LogP contribution in [0, 0.1) is 13.8 Å². The number of ketones is 1. The van der Waals surface area contributed by atoms with Crippen molar-refractivity contribution >= 4 is 11.7 Å². The molecule has 3 heteroatoms. The summed E-state index contributed by atoms with van der Waals surface area (Å²) in [7, 11) is 1.64. The fourth-order valence-corrected chi connectivity index (χ4v) is 3.72. The first-order chi connectivity index (χ1) is 14.4. The van der Waals surface area contributed by atoms with Gasteiger partial charge in [0.25, 0.3) is 5.91 Å². The zero-order valence-electron chi connectivity index (χ0n) is 18.0. The second kappa shape index (κ2) is 10.0. The van der Waals surface area contributed by atoms with E-state index in [0.29, 0.717) is 18.4 Å². The molecule has 154 valence electrons. The highest BCUT2D eigenvalue weighted by Crippen LogP contribution is 2.18. The molecule has 3 rings (SSSR count). The molecule has 3 aromatic rings. The van der Waals surface area contributed by atoms with Crippen LogP contribution in [0.5, 0.6) is 0 Å². The number of Topliss-reactive ketones (excluding diaryl/α,β-unsaturated/α-hetero) is 1. The Hall–Kier alpha value is -3.20. The molecule has 0 bridgehead atoms. The number of hydrogen-bond acceptors (Lipinski definition) is 2. The van der Waals surface area contributed by atoms with Gasteiger partial charge in [0.2, 0.25) is 0 Å². The predicted molar refractivity (Wildman–Crippen MR) is 122 cm³/mol. The van der Waals surface area contributed by atoms with E-state index < -0.39 is 0 Å². The number of amides is 1. The molecule has 1 amide bonds. The van der Waals surface area contributed by atoms with Crippen LogP contribution in [-0.4, -0.2) is 18.7 Å². The highest BCUT2D eigenvalue weighted by Gasteiger charge is 2.08. The summed E-state index contributed by atoms with van der Waals surface area (Å²) in [4.78, 5) is 24.2. The topological polar surface area (TPSA) is 46.2 Å². The fourth-order valence-electron chi connectivity index (χ4n) is 3.72. The van der Waals surface area contributed by atoms with Crippen molar-refractivity contribution < 1.29 is 9.59 Å². The molecule has 0 fully saturated rings. The molecule has 1 N–H and O–H groups in total. The van der Waals surface area contributed by atoms with Gasteiger partial charge in [0.1, 0.15) is 5.78 Å². The lowest BCUT2D eigenvalue weighted by Gasteiger charge is -2.10. The summed E-state index contributed by atoms with van der Waals surface area (Å²) in [5, 5.41) is 2.67. The van der Waals surface area contributed by atoms with Gasteiger partial charge in [0, 0.05) is 25.5 Å².